The maximum Gasteiger partial charge on any atom is -0.0254 e. The first-order valence-corrected chi connectivity index (χ1v) is 8.64. The predicted molar refractivity (Wildman–Crippen MR) is 86.5 cm³/mol. The second-order valence-corrected chi connectivity index (χ2v) is 5.81. The molecule has 17 heavy (non-hydrogen) atoms. The monoisotopic (exact) mass is 256 g/mol. The van der Waals surface area contributed by atoms with Crippen LogP contribution in [-0.2, 0) is 0 Å². The van der Waals surface area contributed by atoms with E-state index in [1.807, 2.05) is 10.9 Å². The molecule has 0 aliphatic heterocycles. The van der Waals surface area contributed by atoms with Crippen molar-refractivity contribution in [1.29, 1.82) is 0 Å². The largest absolute Gasteiger partial charge is 0.161 e. The van der Waals surface area contributed by atoms with Crippen LogP contribution in [0.5, 0.6) is 0 Å². The molecule has 0 atom stereocenters. The Balaban J connectivity index is 3.15. The van der Waals surface area contributed by atoms with Gasteiger partial charge in [-0.15, -0.1) is 0 Å². The van der Waals surface area contributed by atoms with E-state index in [4.69, 9.17) is 0 Å². The van der Waals surface area contributed by atoms with Crippen molar-refractivity contribution in [3.8, 4) is 0 Å². The normalized spacial score (nSPS) is 10.2. The summed E-state index contributed by atoms with van der Waals surface area (Å²) in [6, 6.07) is 0. The van der Waals surface area contributed by atoms with Crippen molar-refractivity contribution in [3.63, 3.8) is 0 Å². The molecular weight excluding hydrogens is 224 g/mol. The summed E-state index contributed by atoms with van der Waals surface area (Å²) in [7, 11) is 1.93. The summed E-state index contributed by atoms with van der Waals surface area (Å²) < 4.78 is 0. The summed E-state index contributed by atoms with van der Waals surface area (Å²) in [5.41, 5.74) is 0. The fourth-order valence-electron chi connectivity index (χ4n) is 1.87. The SMILES string of the molecule is CCCCCCCC=S=CCCCCCCC. The highest BCUT2D eigenvalue weighted by atomic mass is 32.1. The number of rotatable bonds is 12. The van der Waals surface area contributed by atoms with Crippen LogP contribution in [0.2, 0.25) is 0 Å². The van der Waals surface area contributed by atoms with Crippen LogP contribution in [0.4, 0.5) is 0 Å². The molecule has 0 nitrogen and oxygen atoms in total. The van der Waals surface area contributed by atoms with Crippen LogP contribution in [0.25, 0.3) is 0 Å². The lowest BCUT2D eigenvalue weighted by Gasteiger charge is -1.95. The number of hydrogen-bond donors (Lipinski definition) is 0. The predicted octanol–water partition coefficient (Wildman–Crippen LogP) is 6.05. The van der Waals surface area contributed by atoms with Gasteiger partial charge in [0, 0.05) is 0 Å². The van der Waals surface area contributed by atoms with Gasteiger partial charge in [-0.05, 0) is 36.4 Å². The molecule has 0 aromatic rings. The Hall–Kier alpha value is -0.0400. The first-order valence-electron chi connectivity index (χ1n) is 7.70. The highest BCUT2D eigenvalue weighted by Crippen LogP contribution is 2.05. The summed E-state index contributed by atoms with van der Waals surface area (Å²) in [4.78, 5) is 0. The minimum absolute atomic E-state index is 1.29. The van der Waals surface area contributed by atoms with E-state index in [0.717, 1.165) is 0 Å². The molecular formula is C16H32S. The fourth-order valence-corrected chi connectivity index (χ4v) is 2.61. The third-order valence-corrected chi connectivity index (χ3v) is 3.90. The maximum absolute atomic E-state index is 2.39. The van der Waals surface area contributed by atoms with Gasteiger partial charge in [-0.1, -0.05) is 65.2 Å². The molecule has 1 heteroatoms. The molecule has 0 saturated heterocycles. The van der Waals surface area contributed by atoms with Gasteiger partial charge in [0.15, 0.2) is 0 Å². The van der Waals surface area contributed by atoms with Gasteiger partial charge in [0.05, 0.1) is 0 Å². The zero-order chi connectivity index (χ0) is 12.6. The Morgan fingerprint density at radius 3 is 1.41 bits per heavy atom. The topological polar surface area (TPSA) is 0 Å². The summed E-state index contributed by atoms with van der Waals surface area (Å²) in [5.74, 6) is 0. The van der Waals surface area contributed by atoms with E-state index < -0.39 is 0 Å². The average Bonchev–Trinajstić information content (AvgIpc) is 2.35. The van der Waals surface area contributed by atoms with Crippen LogP contribution in [0, 0.1) is 0 Å². The molecule has 0 aromatic carbocycles. The smallest absolute Gasteiger partial charge is 0.0254 e. The minimum Gasteiger partial charge on any atom is -0.161 e. The zero-order valence-electron chi connectivity index (χ0n) is 12.0. The summed E-state index contributed by atoms with van der Waals surface area (Å²) >= 11 is 0. The molecule has 0 N–H and O–H groups in total. The van der Waals surface area contributed by atoms with Gasteiger partial charge < -0.3 is 0 Å². The summed E-state index contributed by atoms with van der Waals surface area (Å²) in [5, 5.41) is 4.77. The lowest BCUT2D eigenvalue weighted by atomic mass is 10.1. The molecule has 0 aliphatic carbocycles. The second-order valence-electron chi connectivity index (χ2n) is 4.88. The van der Waals surface area contributed by atoms with E-state index in [0.29, 0.717) is 0 Å². The van der Waals surface area contributed by atoms with Crippen molar-refractivity contribution < 1.29 is 0 Å². The second kappa shape index (κ2) is 16.0. The van der Waals surface area contributed by atoms with Crippen molar-refractivity contribution in [2.24, 2.45) is 0 Å². The number of hydrogen-bond acceptors (Lipinski definition) is 0. The van der Waals surface area contributed by atoms with E-state index in [1.165, 1.54) is 77.0 Å². The van der Waals surface area contributed by atoms with Crippen LogP contribution in [0.15, 0.2) is 0 Å². The lowest BCUT2D eigenvalue weighted by molar-refractivity contribution is 0.646. The van der Waals surface area contributed by atoms with Crippen molar-refractivity contribution in [2.45, 2.75) is 90.9 Å². The first kappa shape index (κ1) is 17.0. The van der Waals surface area contributed by atoms with Crippen LogP contribution >= 0.6 is 10.9 Å². The molecule has 0 amide bonds. The van der Waals surface area contributed by atoms with Crippen molar-refractivity contribution >= 4 is 21.7 Å². The molecule has 0 radical (unpaired) electrons. The van der Waals surface area contributed by atoms with Gasteiger partial charge in [0.25, 0.3) is 0 Å². The van der Waals surface area contributed by atoms with Crippen LogP contribution in [0.3, 0.4) is 0 Å². The van der Waals surface area contributed by atoms with E-state index in [1.54, 1.807) is 0 Å². The Morgan fingerprint density at radius 2 is 1.00 bits per heavy atom. The minimum atomic E-state index is 1.29. The molecule has 0 aliphatic rings. The van der Waals surface area contributed by atoms with E-state index in [2.05, 4.69) is 24.6 Å². The molecule has 102 valence electrons. The summed E-state index contributed by atoms with van der Waals surface area (Å²) in [6.45, 7) is 4.55. The van der Waals surface area contributed by atoms with Gasteiger partial charge in [0.1, 0.15) is 0 Å². The van der Waals surface area contributed by atoms with Crippen molar-refractivity contribution in [2.75, 3.05) is 0 Å². The molecule has 0 aromatic heterocycles. The van der Waals surface area contributed by atoms with Gasteiger partial charge in [-0.3, -0.25) is 0 Å². The molecule has 0 bridgehead atoms. The zero-order valence-corrected chi connectivity index (χ0v) is 12.9. The lowest BCUT2D eigenvalue weighted by Crippen LogP contribution is -1.79. The third-order valence-electron chi connectivity index (χ3n) is 3.04. The molecule has 0 heterocycles. The average molecular weight is 256 g/mol. The van der Waals surface area contributed by atoms with Gasteiger partial charge in [-0.2, -0.15) is 10.9 Å². The standard InChI is InChI=1S/C16H32S/c1-3-5-7-9-11-13-15-17-16-14-12-10-8-6-4-2/h15-16H,3-14H2,1-2H3. The van der Waals surface area contributed by atoms with Crippen molar-refractivity contribution in [3.05, 3.63) is 0 Å². The first-order chi connectivity index (χ1) is 8.41. The van der Waals surface area contributed by atoms with E-state index >= 15 is 0 Å². The Kier molecular flexibility index (Phi) is 15.9. The van der Waals surface area contributed by atoms with Crippen molar-refractivity contribution in [1.82, 2.24) is 0 Å². The molecule has 0 saturated carbocycles. The van der Waals surface area contributed by atoms with E-state index in [-0.39, 0.29) is 0 Å². The third kappa shape index (κ3) is 16.0. The van der Waals surface area contributed by atoms with Gasteiger partial charge >= 0.3 is 0 Å². The summed E-state index contributed by atoms with van der Waals surface area (Å²) in [6.07, 6.45) is 16.6. The fraction of sp³-hybridized carbons (Fsp3) is 0.875. The molecule has 0 unspecified atom stereocenters. The van der Waals surface area contributed by atoms with Crippen LogP contribution < -0.4 is 0 Å². The van der Waals surface area contributed by atoms with Gasteiger partial charge in [0.2, 0.25) is 0 Å². The Bertz CT molecular complexity index is 172. The Labute approximate surface area is 113 Å². The van der Waals surface area contributed by atoms with Crippen LogP contribution in [-0.4, -0.2) is 10.7 Å². The highest BCUT2D eigenvalue weighted by Gasteiger charge is 1.87. The molecule has 0 fully saturated rings. The molecule has 0 rings (SSSR count). The quantitative estimate of drug-likeness (QED) is 0.295. The maximum atomic E-state index is 2.39. The van der Waals surface area contributed by atoms with Gasteiger partial charge in [-0.25, -0.2) is 0 Å². The highest BCUT2D eigenvalue weighted by molar-refractivity contribution is 7.95. The van der Waals surface area contributed by atoms with Crippen LogP contribution in [0.1, 0.15) is 90.9 Å². The Morgan fingerprint density at radius 1 is 0.588 bits per heavy atom. The molecule has 0 spiro atoms. The number of unbranched alkanes of at least 4 members (excludes halogenated alkanes) is 10. The van der Waals surface area contributed by atoms with E-state index in [9.17, 15) is 0 Å².